The van der Waals surface area contributed by atoms with Crippen molar-refractivity contribution in [1.29, 1.82) is 0 Å². The van der Waals surface area contributed by atoms with Gasteiger partial charge in [-0.25, -0.2) is 4.39 Å². The van der Waals surface area contributed by atoms with E-state index in [1.54, 1.807) is 0 Å². The maximum atomic E-state index is 12.7. The first-order chi connectivity index (χ1) is 6.77. The van der Waals surface area contributed by atoms with Crippen LogP contribution in [0, 0.1) is 5.82 Å². The molecule has 0 spiro atoms. The Bertz CT molecular complexity index is 442. The van der Waals surface area contributed by atoms with E-state index in [0.29, 0.717) is 5.69 Å². The van der Waals surface area contributed by atoms with E-state index in [1.807, 2.05) is 30.3 Å². The third kappa shape index (κ3) is 1.57. The van der Waals surface area contributed by atoms with Crippen molar-refractivity contribution in [3.05, 3.63) is 54.5 Å². The summed E-state index contributed by atoms with van der Waals surface area (Å²) in [4.78, 5) is 0. The molecule has 0 unspecified atom stereocenters. The van der Waals surface area contributed by atoms with Gasteiger partial charge >= 0.3 is 0 Å². The molecule has 1 aromatic heterocycles. The smallest absolute Gasteiger partial charge is 0.264 e. The highest BCUT2D eigenvalue weighted by Crippen LogP contribution is 2.13. The Morgan fingerprint density at radius 1 is 1.00 bits per heavy atom. The van der Waals surface area contributed by atoms with E-state index in [-0.39, 0.29) is 0 Å². The van der Waals surface area contributed by atoms with Gasteiger partial charge in [0.15, 0.2) is 5.82 Å². The summed E-state index contributed by atoms with van der Waals surface area (Å²) in [6, 6.07) is 12.1. The zero-order valence-electron chi connectivity index (χ0n) is 7.39. The molecule has 0 aliphatic heterocycles. The van der Waals surface area contributed by atoms with E-state index in [2.05, 4.69) is 0 Å². The lowest BCUT2D eigenvalue weighted by atomic mass is 10.1. The van der Waals surface area contributed by atoms with Crippen LogP contribution in [0.1, 0.15) is 0 Å². The highest BCUT2D eigenvalue weighted by molar-refractivity contribution is 5.55. The third-order valence-corrected chi connectivity index (χ3v) is 1.96. The minimum absolute atomic E-state index is 0.466. The van der Waals surface area contributed by atoms with Crippen LogP contribution >= 0.6 is 0 Å². The molecule has 2 nitrogen and oxygen atoms in total. The summed E-state index contributed by atoms with van der Waals surface area (Å²) in [6.07, 6.45) is 1.03. The molecule has 70 valence electrons. The van der Waals surface area contributed by atoms with Crippen molar-refractivity contribution in [2.75, 3.05) is 0 Å². The first kappa shape index (κ1) is 8.69. The van der Waals surface area contributed by atoms with Gasteiger partial charge in [0, 0.05) is 10.8 Å². The zero-order valence-corrected chi connectivity index (χ0v) is 7.39. The maximum absolute atomic E-state index is 12.7. The van der Waals surface area contributed by atoms with Gasteiger partial charge in [-0.15, -0.1) is 0 Å². The Kier molecular flexibility index (Phi) is 2.14. The minimum Gasteiger partial charge on any atom is -0.284 e. The lowest BCUT2D eigenvalue weighted by molar-refractivity contribution is -0.897. The Morgan fingerprint density at radius 2 is 1.71 bits per heavy atom. The third-order valence-electron chi connectivity index (χ3n) is 1.96. The number of halogens is 1. The van der Waals surface area contributed by atoms with Gasteiger partial charge in [-0.3, -0.25) is 5.21 Å². The molecule has 1 N–H and O–H groups in total. The first-order valence-electron chi connectivity index (χ1n) is 4.23. The van der Waals surface area contributed by atoms with Crippen LogP contribution < -0.4 is 4.73 Å². The van der Waals surface area contributed by atoms with Crippen LogP contribution in [0.15, 0.2) is 48.7 Å². The monoisotopic (exact) mass is 190 g/mol. The van der Waals surface area contributed by atoms with Crippen LogP contribution in [0.25, 0.3) is 11.3 Å². The molecule has 0 aliphatic rings. The molecule has 0 aliphatic carbocycles. The molecular weight excluding hydrogens is 181 g/mol. The van der Waals surface area contributed by atoms with Crippen molar-refractivity contribution in [3.63, 3.8) is 0 Å². The molecule has 14 heavy (non-hydrogen) atoms. The number of rotatable bonds is 1. The van der Waals surface area contributed by atoms with E-state index in [1.165, 1.54) is 12.1 Å². The van der Waals surface area contributed by atoms with E-state index in [4.69, 9.17) is 0 Å². The second-order valence-corrected chi connectivity index (χ2v) is 2.94. The van der Waals surface area contributed by atoms with Gasteiger partial charge in [0.25, 0.3) is 11.9 Å². The molecule has 1 aromatic carbocycles. The fraction of sp³-hybridized carbons (Fsp3) is 0. The number of pyridine rings is 1. The zero-order chi connectivity index (χ0) is 9.97. The van der Waals surface area contributed by atoms with E-state index >= 15 is 0 Å². The summed E-state index contributed by atoms with van der Waals surface area (Å²) in [5.74, 6) is -0.466. The van der Waals surface area contributed by atoms with E-state index in [0.717, 1.165) is 16.5 Å². The lowest BCUT2D eigenvalue weighted by Gasteiger charge is -1.95. The highest BCUT2D eigenvalue weighted by Gasteiger charge is 2.12. The van der Waals surface area contributed by atoms with Gasteiger partial charge in [0.2, 0.25) is 0 Å². The number of nitrogens with zero attached hydrogens (tertiary/aromatic N) is 1. The SMILES string of the molecule is O[n+]1cc(F)ccc1-c1ccccc1. The van der Waals surface area contributed by atoms with Crippen molar-refractivity contribution in [1.82, 2.24) is 0 Å². The number of hydrogen-bond acceptors (Lipinski definition) is 1. The topological polar surface area (TPSA) is 24.1 Å². The largest absolute Gasteiger partial charge is 0.284 e. The van der Waals surface area contributed by atoms with Crippen LogP contribution in [0.3, 0.4) is 0 Å². The molecule has 0 radical (unpaired) electrons. The number of benzene rings is 1. The molecule has 0 atom stereocenters. The van der Waals surface area contributed by atoms with Crippen molar-refractivity contribution < 1.29 is 14.3 Å². The summed E-state index contributed by atoms with van der Waals surface area (Å²) in [6.45, 7) is 0. The van der Waals surface area contributed by atoms with Crippen LogP contribution in [0.2, 0.25) is 0 Å². The average molecular weight is 190 g/mol. The predicted molar refractivity (Wildman–Crippen MR) is 49.2 cm³/mol. The van der Waals surface area contributed by atoms with Crippen LogP contribution in [-0.2, 0) is 0 Å². The maximum Gasteiger partial charge on any atom is 0.264 e. The number of aromatic nitrogens is 1. The fourth-order valence-electron chi connectivity index (χ4n) is 1.30. The van der Waals surface area contributed by atoms with Gasteiger partial charge < -0.3 is 0 Å². The van der Waals surface area contributed by atoms with E-state index < -0.39 is 5.82 Å². The number of hydrogen-bond donors (Lipinski definition) is 1. The van der Waals surface area contributed by atoms with Crippen molar-refractivity contribution in [2.45, 2.75) is 0 Å². The van der Waals surface area contributed by atoms with Gasteiger partial charge in [0.05, 0.1) is 5.56 Å². The summed E-state index contributed by atoms with van der Waals surface area (Å²) >= 11 is 0. The summed E-state index contributed by atoms with van der Waals surface area (Å²) in [5.41, 5.74) is 1.40. The average Bonchev–Trinajstić information content (AvgIpc) is 2.19. The molecule has 0 saturated heterocycles. The van der Waals surface area contributed by atoms with Crippen molar-refractivity contribution >= 4 is 0 Å². The van der Waals surface area contributed by atoms with Gasteiger partial charge in [-0.1, -0.05) is 18.2 Å². The molecule has 0 bridgehead atoms. The molecule has 0 amide bonds. The molecule has 0 saturated carbocycles. The Balaban J connectivity index is 2.53. The van der Waals surface area contributed by atoms with Gasteiger partial charge in [-0.05, 0) is 18.2 Å². The summed E-state index contributed by atoms with van der Waals surface area (Å²) in [5, 5.41) is 9.42. The molecule has 3 heteroatoms. The Labute approximate surface area is 80.8 Å². The normalized spacial score (nSPS) is 10.1. The quantitative estimate of drug-likeness (QED) is 0.540. The van der Waals surface area contributed by atoms with Crippen LogP contribution in [0.5, 0.6) is 0 Å². The highest BCUT2D eigenvalue weighted by atomic mass is 19.1. The molecule has 2 aromatic rings. The minimum atomic E-state index is -0.466. The Hall–Kier alpha value is -1.90. The fourth-order valence-corrected chi connectivity index (χ4v) is 1.30. The Morgan fingerprint density at radius 3 is 2.36 bits per heavy atom. The first-order valence-corrected chi connectivity index (χ1v) is 4.23. The summed E-state index contributed by atoms with van der Waals surface area (Å²) in [7, 11) is 0. The van der Waals surface area contributed by atoms with Gasteiger partial charge in [-0.2, -0.15) is 0 Å². The van der Waals surface area contributed by atoms with Gasteiger partial charge in [0.1, 0.15) is 0 Å². The summed E-state index contributed by atoms with van der Waals surface area (Å²) < 4.78 is 13.5. The van der Waals surface area contributed by atoms with Crippen molar-refractivity contribution in [3.8, 4) is 11.3 Å². The van der Waals surface area contributed by atoms with Crippen molar-refractivity contribution in [2.24, 2.45) is 0 Å². The second-order valence-electron chi connectivity index (χ2n) is 2.94. The van der Waals surface area contributed by atoms with Crippen LogP contribution in [0.4, 0.5) is 4.39 Å². The standard InChI is InChI=1S/C11H9FNO/c12-10-6-7-11(13(14)8-10)9-4-2-1-3-5-9/h1-8,14H/q+1. The molecule has 2 rings (SSSR count). The lowest BCUT2D eigenvalue weighted by Crippen LogP contribution is -2.32. The predicted octanol–water partition coefficient (Wildman–Crippen LogP) is 2.02. The molecule has 0 fully saturated rings. The van der Waals surface area contributed by atoms with E-state index in [9.17, 15) is 9.60 Å². The van der Waals surface area contributed by atoms with Crippen LogP contribution in [-0.4, -0.2) is 5.21 Å². The molecular formula is C11H9FNO+. The molecule has 1 heterocycles. The second kappa shape index (κ2) is 3.46.